The van der Waals surface area contributed by atoms with Gasteiger partial charge < -0.3 is 14.3 Å². The van der Waals surface area contributed by atoms with Crippen LogP contribution in [0.2, 0.25) is 0 Å². The molecule has 0 saturated heterocycles. The summed E-state index contributed by atoms with van der Waals surface area (Å²) in [5, 5.41) is 0. The van der Waals surface area contributed by atoms with Gasteiger partial charge in [-0.3, -0.25) is 4.79 Å². The summed E-state index contributed by atoms with van der Waals surface area (Å²) in [4.78, 5) is 19.0. The Morgan fingerprint density at radius 2 is 2.14 bits per heavy atom. The van der Waals surface area contributed by atoms with Crippen molar-refractivity contribution in [3.05, 3.63) is 52.4 Å². The molecule has 0 aliphatic carbocycles. The molecule has 0 bridgehead atoms. The molecule has 3 rings (SSSR count). The molecule has 0 atom stereocenters. The quantitative estimate of drug-likeness (QED) is 0.799. The number of fused-ring (bicyclic) bond motifs is 1. The molecule has 0 fully saturated rings. The first-order chi connectivity index (χ1) is 10.2. The lowest BCUT2D eigenvalue weighted by molar-refractivity contribution is 0.188. The van der Waals surface area contributed by atoms with Crippen LogP contribution in [-0.2, 0) is 11.3 Å². The fourth-order valence-electron chi connectivity index (χ4n) is 2.43. The Morgan fingerprint density at radius 1 is 1.33 bits per heavy atom. The standard InChI is InChI=1S/C16H17N3O2/c1-11-9-12(10-17-16(11)20)15-18-13-5-3-4-6-14(13)19(15)7-8-21-2/h3-6,9-10H,7-8H2,1-2H3,(H,17,20). The minimum Gasteiger partial charge on any atom is -0.383 e. The number of para-hydroxylation sites is 2. The van der Waals surface area contributed by atoms with E-state index in [1.807, 2.05) is 30.3 Å². The zero-order valence-corrected chi connectivity index (χ0v) is 12.1. The number of nitrogens with zero attached hydrogens (tertiary/aromatic N) is 2. The molecule has 0 amide bonds. The summed E-state index contributed by atoms with van der Waals surface area (Å²) < 4.78 is 7.31. The number of nitrogens with one attached hydrogen (secondary N) is 1. The van der Waals surface area contributed by atoms with Gasteiger partial charge in [0.05, 0.1) is 17.6 Å². The normalized spacial score (nSPS) is 11.1. The third kappa shape index (κ3) is 2.48. The third-order valence-corrected chi connectivity index (χ3v) is 3.52. The highest BCUT2D eigenvalue weighted by molar-refractivity contribution is 5.80. The molecule has 5 heteroatoms. The molecule has 1 N–H and O–H groups in total. The number of aromatic amines is 1. The van der Waals surface area contributed by atoms with Gasteiger partial charge in [-0.15, -0.1) is 0 Å². The number of hydrogen-bond acceptors (Lipinski definition) is 3. The number of pyridine rings is 1. The lowest BCUT2D eigenvalue weighted by atomic mass is 10.2. The first-order valence-electron chi connectivity index (χ1n) is 6.84. The number of benzene rings is 1. The van der Waals surface area contributed by atoms with Crippen LogP contribution in [0.1, 0.15) is 5.56 Å². The number of aryl methyl sites for hydroxylation is 1. The molecule has 3 aromatic rings. The zero-order chi connectivity index (χ0) is 14.8. The lowest BCUT2D eigenvalue weighted by Gasteiger charge is -2.09. The summed E-state index contributed by atoms with van der Waals surface area (Å²) in [5.74, 6) is 0.840. The molecule has 0 saturated carbocycles. The molecule has 1 aromatic carbocycles. The van der Waals surface area contributed by atoms with E-state index in [0.717, 1.165) is 22.4 Å². The smallest absolute Gasteiger partial charge is 0.250 e. The Hall–Kier alpha value is -2.40. The molecule has 0 spiro atoms. The molecular formula is C16H17N3O2. The predicted octanol–water partition coefficient (Wildman–Crippen LogP) is 2.35. The Bertz CT molecular complexity index is 833. The maximum atomic E-state index is 11.5. The van der Waals surface area contributed by atoms with Crippen molar-refractivity contribution in [3.8, 4) is 11.4 Å². The van der Waals surface area contributed by atoms with Crippen molar-refractivity contribution < 1.29 is 4.74 Å². The molecule has 0 aliphatic heterocycles. The van der Waals surface area contributed by atoms with Crippen LogP contribution in [0.15, 0.2) is 41.3 Å². The molecule has 2 heterocycles. The van der Waals surface area contributed by atoms with Gasteiger partial charge in [0.2, 0.25) is 0 Å². The monoisotopic (exact) mass is 283 g/mol. The third-order valence-electron chi connectivity index (χ3n) is 3.52. The number of H-pyrrole nitrogens is 1. The van der Waals surface area contributed by atoms with E-state index in [1.165, 1.54) is 0 Å². The molecule has 0 radical (unpaired) electrons. The molecule has 108 valence electrons. The first-order valence-corrected chi connectivity index (χ1v) is 6.84. The van der Waals surface area contributed by atoms with E-state index in [-0.39, 0.29) is 5.56 Å². The lowest BCUT2D eigenvalue weighted by Crippen LogP contribution is -2.10. The van der Waals surface area contributed by atoms with E-state index < -0.39 is 0 Å². The highest BCUT2D eigenvalue weighted by Crippen LogP contribution is 2.24. The number of aromatic nitrogens is 3. The van der Waals surface area contributed by atoms with Crippen LogP contribution in [0.3, 0.4) is 0 Å². The highest BCUT2D eigenvalue weighted by atomic mass is 16.5. The van der Waals surface area contributed by atoms with Crippen molar-refractivity contribution in [3.63, 3.8) is 0 Å². The molecular weight excluding hydrogens is 266 g/mol. The second kappa shape index (κ2) is 5.54. The van der Waals surface area contributed by atoms with Crippen molar-refractivity contribution in [1.82, 2.24) is 14.5 Å². The summed E-state index contributed by atoms with van der Waals surface area (Å²) in [5.41, 5.74) is 3.51. The summed E-state index contributed by atoms with van der Waals surface area (Å²) in [7, 11) is 1.68. The van der Waals surface area contributed by atoms with Crippen LogP contribution in [0.4, 0.5) is 0 Å². The van der Waals surface area contributed by atoms with E-state index in [9.17, 15) is 4.79 Å². The summed E-state index contributed by atoms with van der Waals surface area (Å²) >= 11 is 0. The summed E-state index contributed by atoms with van der Waals surface area (Å²) in [6, 6.07) is 9.86. The van der Waals surface area contributed by atoms with Gasteiger partial charge in [-0.05, 0) is 25.1 Å². The van der Waals surface area contributed by atoms with Gasteiger partial charge >= 0.3 is 0 Å². The largest absolute Gasteiger partial charge is 0.383 e. The summed E-state index contributed by atoms with van der Waals surface area (Å²) in [6.45, 7) is 3.12. The first kappa shape index (κ1) is 13.6. The molecule has 21 heavy (non-hydrogen) atoms. The van der Waals surface area contributed by atoms with Gasteiger partial charge in [-0.2, -0.15) is 0 Å². The van der Waals surface area contributed by atoms with Crippen LogP contribution in [0.5, 0.6) is 0 Å². The fraction of sp³-hybridized carbons (Fsp3) is 0.250. The number of methoxy groups -OCH3 is 1. The van der Waals surface area contributed by atoms with Crippen LogP contribution in [0.25, 0.3) is 22.4 Å². The second-order valence-corrected chi connectivity index (χ2v) is 4.97. The maximum Gasteiger partial charge on any atom is 0.250 e. The average Bonchev–Trinajstić information content (AvgIpc) is 2.86. The van der Waals surface area contributed by atoms with E-state index in [4.69, 9.17) is 9.72 Å². The van der Waals surface area contributed by atoms with Crippen molar-refractivity contribution >= 4 is 11.0 Å². The highest BCUT2D eigenvalue weighted by Gasteiger charge is 2.12. The van der Waals surface area contributed by atoms with Gasteiger partial charge in [-0.25, -0.2) is 4.98 Å². The van der Waals surface area contributed by atoms with Crippen molar-refractivity contribution in [2.75, 3.05) is 13.7 Å². The van der Waals surface area contributed by atoms with Gasteiger partial charge in [0, 0.05) is 31.0 Å². The van der Waals surface area contributed by atoms with E-state index in [0.29, 0.717) is 18.7 Å². The molecule has 5 nitrogen and oxygen atoms in total. The minimum atomic E-state index is -0.0710. The van der Waals surface area contributed by atoms with Gasteiger partial charge in [0.25, 0.3) is 5.56 Å². The Kier molecular flexibility index (Phi) is 3.58. The Balaban J connectivity index is 2.20. The second-order valence-electron chi connectivity index (χ2n) is 4.97. The van der Waals surface area contributed by atoms with E-state index in [1.54, 1.807) is 20.2 Å². The van der Waals surface area contributed by atoms with E-state index in [2.05, 4.69) is 9.55 Å². The van der Waals surface area contributed by atoms with Gasteiger partial charge in [0.1, 0.15) is 5.82 Å². The van der Waals surface area contributed by atoms with Crippen molar-refractivity contribution in [1.29, 1.82) is 0 Å². The van der Waals surface area contributed by atoms with Crippen molar-refractivity contribution in [2.24, 2.45) is 0 Å². The SMILES string of the molecule is COCCn1c(-c2c[nH]c(=O)c(C)c2)nc2ccccc21. The number of hydrogen-bond donors (Lipinski definition) is 1. The van der Waals surface area contributed by atoms with Crippen LogP contribution >= 0.6 is 0 Å². The molecule has 2 aromatic heterocycles. The van der Waals surface area contributed by atoms with Gasteiger partial charge in [-0.1, -0.05) is 12.1 Å². The van der Waals surface area contributed by atoms with E-state index >= 15 is 0 Å². The van der Waals surface area contributed by atoms with Crippen LogP contribution in [0, 0.1) is 6.92 Å². The molecule has 0 aliphatic rings. The zero-order valence-electron chi connectivity index (χ0n) is 12.1. The fourth-order valence-corrected chi connectivity index (χ4v) is 2.43. The van der Waals surface area contributed by atoms with Gasteiger partial charge in [0.15, 0.2) is 0 Å². The Morgan fingerprint density at radius 3 is 2.90 bits per heavy atom. The topological polar surface area (TPSA) is 59.9 Å². The Labute approximate surface area is 122 Å². The maximum absolute atomic E-state index is 11.5. The average molecular weight is 283 g/mol. The number of ether oxygens (including phenoxy) is 1. The predicted molar refractivity (Wildman–Crippen MR) is 82.4 cm³/mol. The summed E-state index contributed by atoms with van der Waals surface area (Å²) in [6.07, 6.45) is 1.71. The van der Waals surface area contributed by atoms with Crippen molar-refractivity contribution in [2.45, 2.75) is 13.5 Å². The molecule has 0 unspecified atom stereocenters. The van der Waals surface area contributed by atoms with Crippen LogP contribution < -0.4 is 5.56 Å². The number of imidazole rings is 1. The van der Waals surface area contributed by atoms with Crippen LogP contribution in [-0.4, -0.2) is 28.3 Å². The number of rotatable bonds is 4. The minimum absolute atomic E-state index is 0.0710.